The summed E-state index contributed by atoms with van der Waals surface area (Å²) in [5, 5.41) is 48.4. The molecule has 0 aliphatic carbocycles. The predicted octanol–water partition coefficient (Wildman–Crippen LogP) is -1.69. The van der Waals surface area contributed by atoms with Crippen LogP contribution in [0.3, 0.4) is 0 Å². The molecule has 2 aliphatic heterocycles. The molecule has 1 aromatic rings. The van der Waals surface area contributed by atoms with Crippen molar-refractivity contribution in [2.24, 2.45) is 0 Å². The van der Waals surface area contributed by atoms with E-state index >= 15 is 0 Å². The van der Waals surface area contributed by atoms with Crippen LogP contribution in [-0.2, 0) is 9.47 Å². The molecule has 2 fully saturated rings. The number of epoxide rings is 1. The summed E-state index contributed by atoms with van der Waals surface area (Å²) in [6, 6.07) is 3.28. The summed E-state index contributed by atoms with van der Waals surface area (Å²) in [7, 11) is 2.83. The lowest BCUT2D eigenvalue weighted by atomic mass is 9.99. The summed E-state index contributed by atoms with van der Waals surface area (Å²) in [5.41, 5.74) is 0.712. The Balaban J connectivity index is 1.87. The van der Waals surface area contributed by atoms with Crippen molar-refractivity contribution in [1.82, 2.24) is 0 Å². The Morgan fingerprint density at radius 2 is 1.44 bits per heavy atom. The third-order valence-electron chi connectivity index (χ3n) is 4.66. The normalized spacial score (nSPS) is 35.6. The summed E-state index contributed by atoms with van der Waals surface area (Å²) < 4.78 is 27.1. The number of ether oxygens (including phenoxy) is 5. The summed E-state index contributed by atoms with van der Waals surface area (Å²) >= 11 is 0. The van der Waals surface area contributed by atoms with E-state index in [4.69, 9.17) is 28.8 Å². The fourth-order valence-corrected chi connectivity index (χ4v) is 3.04. The summed E-state index contributed by atoms with van der Waals surface area (Å²) in [5.74, 6) is 0.622. The monoisotopic (exact) mass is 388 g/mol. The highest BCUT2D eigenvalue weighted by molar-refractivity contribution is 5.55. The van der Waals surface area contributed by atoms with Crippen molar-refractivity contribution >= 4 is 0 Å². The van der Waals surface area contributed by atoms with Crippen LogP contribution in [0.1, 0.15) is 11.7 Å². The molecule has 3 rings (SSSR count). The topological polar surface area (TPSA) is 151 Å². The van der Waals surface area contributed by atoms with Crippen molar-refractivity contribution in [2.45, 2.75) is 42.9 Å². The van der Waals surface area contributed by atoms with E-state index in [-0.39, 0.29) is 36.1 Å². The van der Waals surface area contributed by atoms with Crippen LogP contribution < -0.4 is 14.2 Å². The van der Waals surface area contributed by atoms with Gasteiger partial charge < -0.3 is 49.2 Å². The van der Waals surface area contributed by atoms with Gasteiger partial charge in [0.1, 0.15) is 36.6 Å². The van der Waals surface area contributed by atoms with E-state index in [2.05, 4.69) is 0 Å². The van der Waals surface area contributed by atoms with Crippen LogP contribution in [0.5, 0.6) is 17.2 Å². The molecule has 0 bridgehead atoms. The van der Waals surface area contributed by atoms with Gasteiger partial charge in [-0.3, -0.25) is 0 Å². The van der Waals surface area contributed by atoms with Crippen molar-refractivity contribution in [1.29, 1.82) is 0 Å². The van der Waals surface area contributed by atoms with Gasteiger partial charge in [0, 0.05) is 0 Å². The second kappa shape index (κ2) is 8.15. The zero-order valence-electron chi connectivity index (χ0n) is 14.9. The minimum atomic E-state index is -1.57. The molecule has 2 aliphatic rings. The van der Waals surface area contributed by atoms with Gasteiger partial charge >= 0.3 is 0 Å². The molecule has 5 N–H and O–H groups in total. The summed E-state index contributed by atoms with van der Waals surface area (Å²) in [6.07, 6.45) is -7.69. The van der Waals surface area contributed by atoms with Crippen LogP contribution >= 0.6 is 0 Å². The lowest BCUT2D eigenvalue weighted by molar-refractivity contribution is -0.277. The van der Waals surface area contributed by atoms with Crippen molar-refractivity contribution in [3.63, 3.8) is 0 Å². The Labute approximate surface area is 155 Å². The maximum absolute atomic E-state index is 10.2. The first-order chi connectivity index (χ1) is 12.9. The van der Waals surface area contributed by atoms with Gasteiger partial charge in [0.15, 0.2) is 11.5 Å². The summed E-state index contributed by atoms with van der Waals surface area (Å²) in [4.78, 5) is 0. The van der Waals surface area contributed by atoms with Crippen molar-refractivity contribution in [2.75, 3.05) is 27.4 Å². The first-order valence-electron chi connectivity index (χ1n) is 8.44. The molecule has 27 heavy (non-hydrogen) atoms. The van der Waals surface area contributed by atoms with Crippen LogP contribution in [0.15, 0.2) is 12.1 Å². The van der Waals surface area contributed by atoms with E-state index in [1.807, 2.05) is 0 Å². The Hall–Kier alpha value is -1.66. The average molecular weight is 388 g/mol. The minimum absolute atomic E-state index is 0.106. The average Bonchev–Trinajstić information content (AvgIpc) is 3.48. The maximum atomic E-state index is 10.2. The molecule has 7 atom stereocenters. The molecule has 2 saturated heterocycles. The minimum Gasteiger partial charge on any atom is -0.493 e. The molecule has 152 valence electrons. The van der Waals surface area contributed by atoms with Crippen LogP contribution in [0.4, 0.5) is 0 Å². The fraction of sp³-hybridized carbons (Fsp3) is 0.647. The number of rotatable bonds is 7. The quantitative estimate of drug-likeness (QED) is 0.342. The molecule has 2 heterocycles. The van der Waals surface area contributed by atoms with Gasteiger partial charge in [-0.1, -0.05) is 0 Å². The molecule has 10 heteroatoms. The van der Waals surface area contributed by atoms with Gasteiger partial charge in [0.25, 0.3) is 0 Å². The largest absolute Gasteiger partial charge is 0.493 e. The lowest BCUT2D eigenvalue weighted by Crippen LogP contribution is -2.60. The molecule has 0 spiro atoms. The first-order valence-corrected chi connectivity index (χ1v) is 8.44. The number of aliphatic hydroxyl groups excluding tert-OH is 5. The molecule has 0 unspecified atom stereocenters. The second-order valence-electron chi connectivity index (χ2n) is 6.35. The van der Waals surface area contributed by atoms with Gasteiger partial charge in [-0.15, -0.1) is 0 Å². The SMILES string of the molecule is COc1cc([C@@H]2O[C@@H]2CO)cc(OC)c1O[C@H]1O[C@@H](CO)[C@H](O)[C@@H](O)[C@@H]1O. The highest BCUT2D eigenvalue weighted by Crippen LogP contribution is 2.46. The van der Waals surface area contributed by atoms with E-state index in [1.54, 1.807) is 12.1 Å². The smallest absolute Gasteiger partial charge is 0.229 e. The van der Waals surface area contributed by atoms with E-state index in [0.29, 0.717) is 5.56 Å². The number of methoxy groups -OCH3 is 2. The molecule has 0 aromatic heterocycles. The molecule has 0 amide bonds. The van der Waals surface area contributed by atoms with Crippen LogP contribution in [0, 0.1) is 0 Å². The lowest BCUT2D eigenvalue weighted by Gasteiger charge is -2.39. The Kier molecular flexibility index (Phi) is 6.06. The van der Waals surface area contributed by atoms with Gasteiger partial charge in [0.05, 0.1) is 27.4 Å². The maximum Gasteiger partial charge on any atom is 0.229 e. The van der Waals surface area contributed by atoms with Crippen LogP contribution in [0.25, 0.3) is 0 Å². The Morgan fingerprint density at radius 1 is 0.852 bits per heavy atom. The molecular weight excluding hydrogens is 364 g/mol. The van der Waals surface area contributed by atoms with Gasteiger partial charge in [0.2, 0.25) is 12.0 Å². The third-order valence-corrected chi connectivity index (χ3v) is 4.66. The fourth-order valence-electron chi connectivity index (χ4n) is 3.04. The van der Waals surface area contributed by atoms with Crippen LogP contribution in [-0.4, -0.2) is 89.8 Å². The Bertz CT molecular complexity index is 626. The number of hydrogen-bond donors (Lipinski definition) is 5. The third kappa shape index (κ3) is 3.83. The van der Waals surface area contributed by atoms with Crippen LogP contribution in [0.2, 0.25) is 0 Å². The number of hydrogen-bond acceptors (Lipinski definition) is 10. The van der Waals surface area contributed by atoms with Crippen molar-refractivity contribution in [3.05, 3.63) is 17.7 Å². The van der Waals surface area contributed by atoms with E-state index < -0.39 is 37.3 Å². The zero-order valence-corrected chi connectivity index (χ0v) is 14.9. The highest BCUT2D eigenvalue weighted by Gasteiger charge is 2.45. The highest BCUT2D eigenvalue weighted by atomic mass is 16.7. The van der Waals surface area contributed by atoms with Gasteiger partial charge in [-0.25, -0.2) is 0 Å². The molecular formula is C17H24O10. The standard InChI is InChI=1S/C17H24O10/c1-23-8-3-7(15-11(6-19)25-15)4-9(24-2)16(8)27-17-14(22)13(21)12(20)10(5-18)26-17/h3-4,10-15,17-22H,5-6H2,1-2H3/t10-,11+,12-,13+,14-,15-,17+/m0/s1. The van der Waals surface area contributed by atoms with E-state index in [1.165, 1.54) is 14.2 Å². The molecule has 1 aromatic carbocycles. The second-order valence-corrected chi connectivity index (χ2v) is 6.35. The molecule has 10 nitrogen and oxygen atoms in total. The predicted molar refractivity (Wildman–Crippen MR) is 88.6 cm³/mol. The number of aliphatic hydroxyl groups is 5. The van der Waals surface area contributed by atoms with Crippen molar-refractivity contribution in [3.8, 4) is 17.2 Å². The molecule has 0 saturated carbocycles. The van der Waals surface area contributed by atoms with E-state index in [9.17, 15) is 20.4 Å². The first kappa shape index (κ1) is 20.1. The van der Waals surface area contributed by atoms with Gasteiger partial charge in [-0.2, -0.15) is 0 Å². The van der Waals surface area contributed by atoms with E-state index in [0.717, 1.165) is 0 Å². The van der Waals surface area contributed by atoms with Gasteiger partial charge in [-0.05, 0) is 17.7 Å². The van der Waals surface area contributed by atoms with Crippen molar-refractivity contribution < 1.29 is 49.2 Å². The number of benzene rings is 1. The summed E-state index contributed by atoms with van der Waals surface area (Å²) in [6.45, 7) is -0.683. The zero-order chi connectivity index (χ0) is 19.7. The molecule has 0 radical (unpaired) electrons. The Morgan fingerprint density at radius 3 is 1.93 bits per heavy atom.